The van der Waals surface area contributed by atoms with Crippen molar-refractivity contribution in [3.63, 3.8) is 0 Å². The van der Waals surface area contributed by atoms with Gasteiger partial charge < -0.3 is 5.32 Å². The Morgan fingerprint density at radius 3 is 2.83 bits per heavy atom. The molecular weight excluding hydrogens is 253 g/mol. The second-order valence-electron chi connectivity index (χ2n) is 3.92. The van der Waals surface area contributed by atoms with E-state index in [0.29, 0.717) is 11.4 Å². The number of halogens is 2. The zero-order chi connectivity index (χ0) is 13.0. The third-order valence-corrected chi connectivity index (χ3v) is 3.10. The first-order valence-corrected chi connectivity index (χ1v) is 5.95. The summed E-state index contributed by atoms with van der Waals surface area (Å²) in [5.74, 6) is -0.327. The second-order valence-corrected chi connectivity index (χ2v) is 4.32. The van der Waals surface area contributed by atoms with Crippen LogP contribution in [0.15, 0.2) is 36.8 Å². The van der Waals surface area contributed by atoms with Crippen LogP contribution in [-0.4, -0.2) is 17.0 Å². The van der Waals surface area contributed by atoms with Gasteiger partial charge in [-0.05, 0) is 37.2 Å². The summed E-state index contributed by atoms with van der Waals surface area (Å²) >= 11 is 6.02. The smallest absolute Gasteiger partial charge is 0.124 e. The first kappa shape index (κ1) is 12.9. The van der Waals surface area contributed by atoms with Gasteiger partial charge in [0, 0.05) is 11.2 Å². The van der Waals surface area contributed by atoms with Crippen LogP contribution in [0.25, 0.3) is 0 Å². The monoisotopic (exact) mass is 265 g/mol. The second kappa shape index (κ2) is 5.89. The van der Waals surface area contributed by atoms with Gasteiger partial charge in [-0.2, -0.15) is 0 Å². The van der Waals surface area contributed by atoms with Gasteiger partial charge in [0.25, 0.3) is 0 Å². The topological polar surface area (TPSA) is 37.8 Å². The number of nitrogens with one attached hydrogen (secondary N) is 1. The van der Waals surface area contributed by atoms with Crippen molar-refractivity contribution < 1.29 is 4.39 Å². The highest BCUT2D eigenvalue weighted by Crippen LogP contribution is 2.23. The quantitative estimate of drug-likeness (QED) is 0.924. The molecule has 1 N–H and O–H groups in total. The highest BCUT2D eigenvalue weighted by molar-refractivity contribution is 6.31. The number of hydrogen-bond acceptors (Lipinski definition) is 3. The molecule has 1 aromatic heterocycles. The lowest BCUT2D eigenvalue weighted by molar-refractivity contribution is 0.572. The Kier molecular flexibility index (Phi) is 4.23. The molecule has 0 aliphatic heterocycles. The maximum Gasteiger partial charge on any atom is 0.124 e. The van der Waals surface area contributed by atoms with Gasteiger partial charge in [0.05, 0.1) is 11.7 Å². The van der Waals surface area contributed by atoms with Gasteiger partial charge >= 0.3 is 0 Å². The lowest BCUT2D eigenvalue weighted by atomic mass is 10.0. The maximum absolute atomic E-state index is 13.0. The van der Waals surface area contributed by atoms with Crippen LogP contribution >= 0.6 is 11.6 Å². The van der Waals surface area contributed by atoms with Gasteiger partial charge in [-0.3, -0.25) is 0 Å². The summed E-state index contributed by atoms with van der Waals surface area (Å²) in [6.07, 6.45) is 3.84. The molecule has 0 aliphatic rings. The van der Waals surface area contributed by atoms with E-state index in [2.05, 4.69) is 15.3 Å². The summed E-state index contributed by atoms with van der Waals surface area (Å²) in [7, 11) is 1.85. The third kappa shape index (κ3) is 3.03. The van der Waals surface area contributed by atoms with E-state index in [1.54, 1.807) is 12.3 Å². The molecule has 18 heavy (non-hydrogen) atoms. The largest absolute Gasteiger partial charge is 0.311 e. The number of likely N-dealkylation sites (N-methyl/N-ethyl adjacent to an activating group) is 1. The van der Waals surface area contributed by atoms with E-state index in [1.165, 1.54) is 18.5 Å². The van der Waals surface area contributed by atoms with Crippen molar-refractivity contribution >= 4 is 11.6 Å². The average Bonchev–Trinajstić information content (AvgIpc) is 2.39. The predicted octanol–water partition coefficient (Wildman–Crippen LogP) is 2.77. The van der Waals surface area contributed by atoms with Crippen molar-refractivity contribution in [2.24, 2.45) is 0 Å². The molecule has 1 unspecified atom stereocenters. The van der Waals surface area contributed by atoms with Crippen molar-refractivity contribution in [2.45, 2.75) is 12.5 Å². The Labute approximate surface area is 110 Å². The SMILES string of the molecule is CNC(Cc1ccc(F)cc1Cl)c1ccncn1. The molecule has 0 radical (unpaired) electrons. The zero-order valence-electron chi connectivity index (χ0n) is 9.90. The minimum absolute atomic E-state index is 0.0240. The summed E-state index contributed by atoms with van der Waals surface area (Å²) in [5.41, 5.74) is 1.77. The number of aromatic nitrogens is 2. The van der Waals surface area contributed by atoms with Crippen molar-refractivity contribution in [2.75, 3.05) is 7.05 Å². The molecule has 0 saturated carbocycles. The van der Waals surface area contributed by atoms with E-state index in [0.717, 1.165) is 11.3 Å². The predicted molar refractivity (Wildman–Crippen MR) is 68.9 cm³/mol. The lowest BCUT2D eigenvalue weighted by Crippen LogP contribution is -2.20. The molecule has 2 aromatic rings. The van der Waals surface area contributed by atoms with E-state index >= 15 is 0 Å². The Hall–Kier alpha value is -1.52. The highest BCUT2D eigenvalue weighted by Gasteiger charge is 2.13. The Balaban J connectivity index is 2.21. The number of nitrogens with zero attached hydrogens (tertiary/aromatic N) is 2. The Bertz CT molecular complexity index is 519. The van der Waals surface area contributed by atoms with Crippen LogP contribution in [0.3, 0.4) is 0 Å². The minimum Gasteiger partial charge on any atom is -0.311 e. The van der Waals surface area contributed by atoms with Gasteiger partial charge in [-0.15, -0.1) is 0 Å². The maximum atomic E-state index is 13.0. The van der Waals surface area contributed by atoms with E-state index in [9.17, 15) is 4.39 Å². The fraction of sp³-hybridized carbons (Fsp3) is 0.231. The van der Waals surface area contributed by atoms with Gasteiger partial charge in [-0.25, -0.2) is 14.4 Å². The van der Waals surface area contributed by atoms with Crippen LogP contribution in [0, 0.1) is 5.82 Å². The molecule has 0 saturated heterocycles. The third-order valence-electron chi connectivity index (χ3n) is 2.75. The fourth-order valence-corrected chi connectivity index (χ4v) is 2.01. The van der Waals surface area contributed by atoms with E-state index < -0.39 is 0 Å². The molecule has 2 rings (SSSR count). The fourth-order valence-electron chi connectivity index (χ4n) is 1.77. The molecule has 1 aromatic carbocycles. The van der Waals surface area contributed by atoms with Crippen molar-refractivity contribution in [1.29, 1.82) is 0 Å². The van der Waals surface area contributed by atoms with Crippen LogP contribution in [0.2, 0.25) is 5.02 Å². The van der Waals surface area contributed by atoms with Gasteiger partial charge in [0.1, 0.15) is 12.1 Å². The molecule has 0 fully saturated rings. The standard InChI is InChI=1S/C13H13ClFN3/c1-16-13(12-4-5-17-8-18-12)6-9-2-3-10(15)7-11(9)14/h2-5,7-8,13,16H,6H2,1H3. The van der Waals surface area contributed by atoms with Crippen LogP contribution in [0.1, 0.15) is 17.3 Å². The van der Waals surface area contributed by atoms with Crippen LogP contribution in [0.5, 0.6) is 0 Å². The van der Waals surface area contributed by atoms with Crippen molar-refractivity contribution in [3.8, 4) is 0 Å². The van der Waals surface area contributed by atoms with Gasteiger partial charge in [0.15, 0.2) is 0 Å². The minimum atomic E-state index is -0.327. The normalized spacial score (nSPS) is 12.4. The molecule has 0 spiro atoms. The van der Waals surface area contributed by atoms with Crippen LogP contribution in [-0.2, 0) is 6.42 Å². The average molecular weight is 266 g/mol. The van der Waals surface area contributed by atoms with Crippen LogP contribution in [0.4, 0.5) is 4.39 Å². The molecule has 1 atom stereocenters. The Morgan fingerprint density at radius 2 is 2.22 bits per heavy atom. The molecule has 0 amide bonds. The molecular formula is C13H13ClFN3. The molecule has 5 heteroatoms. The number of rotatable bonds is 4. The molecule has 3 nitrogen and oxygen atoms in total. The van der Waals surface area contributed by atoms with E-state index in [1.807, 2.05) is 13.1 Å². The first-order chi connectivity index (χ1) is 8.70. The number of benzene rings is 1. The van der Waals surface area contributed by atoms with Crippen molar-refractivity contribution in [1.82, 2.24) is 15.3 Å². The van der Waals surface area contributed by atoms with Crippen molar-refractivity contribution in [3.05, 3.63) is 58.9 Å². The molecule has 1 heterocycles. The highest BCUT2D eigenvalue weighted by atomic mass is 35.5. The molecule has 94 valence electrons. The van der Waals surface area contributed by atoms with Gasteiger partial charge in [-0.1, -0.05) is 17.7 Å². The zero-order valence-corrected chi connectivity index (χ0v) is 10.7. The van der Waals surface area contributed by atoms with Crippen LogP contribution < -0.4 is 5.32 Å². The summed E-state index contributed by atoms with van der Waals surface area (Å²) < 4.78 is 13.0. The Morgan fingerprint density at radius 1 is 1.39 bits per heavy atom. The summed E-state index contributed by atoms with van der Waals surface area (Å²) in [6, 6.07) is 6.30. The van der Waals surface area contributed by atoms with E-state index in [-0.39, 0.29) is 11.9 Å². The summed E-state index contributed by atoms with van der Waals surface area (Å²) in [4.78, 5) is 8.09. The molecule has 0 aliphatic carbocycles. The summed E-state index contributed by atoms with van der Waals surface area (Å²) in [6.45, 7) is 0. The number of hydrogen-bond donors (Lipinski definition) is 1. The lowest BCUT2D eigenvalue weighted by Gasteiger charge is -2.16. The first-order valence-electron chi connectivity index (χ1n) is 5.58. The summed E-state index contributed by atoms with van der Waals surface area (Å²) in [5, 5.41) is 3.60. The van der Waals surface area contributed by atoms with Gasteiger partial charge in [0.2, 0.25) is 0 Å². The molecule has 0 bridgehead atoms. The van der Waals surface area contributed by atoms with E-state index in [4.69, 9.17) is 11.6 Å².